The zero-order valence-corrected chi connectivity index (χ0v) is 7.97. The van der Waals surface area contributed by atoms with Crippen LogP contribution in [-0.2, 0) is 0 Å². The van der Waals surface area contributed by atoms with Crippen LogP contribution in [0.1, 0.15) is 18.0 Å². The van der Waals surface area contributed by atoms with E-state index in [9.17, 15) is 8.78 Å². The van der Waals surface area contributed by atoms with Gasteiger partial charge in [0.05, 0.1) is 13.8 Å². The molecule has 0 aliphatic carbocycles. The molecule has 0 heterocycles. The number of ether oxygens (including phenoxy) is 1. The van der Waals surface area contributed by atoms with Crippen LogP contribution in [-0.4, -0.2) is 13.8 Å². The first-order valence-electron chi connectivity index (χ1n) is 4.34. The Hall–Kier alpha value is -1.16. The van der Waals surface area contributed by atoms with Crippen molar-refractivity contribution in [2.45, 2.75) is 12.5 Å². The smallest absolute Gasteiger partial charge is 0.128 e. The molecule has 0 fully saturated rings. The fourth-order valence-corrected chi connectivity index (χ4v) is 1.21. The molecule has 1 aromatic carbocycles. The molecule has 0 spiro atoms. The molecule has 0 aromatic heterocycles. The summed E-state index contributed by atoms with van der Waals surface area (Å²) in [6, 6.07) is 3.65. The van der Waals surface area contributed by atoms with E-state index in [1.165, 1.54) is 25.3 Å². The minimum Gasteiger partial charge on any atom is -0.497 e. The third-order valence-corrected chi connectivity index (χ3v) is 2.02. The maximum atomic E-state index is 13.2. The van der Waals surface area contributed by atoms with Crippen molar-refractivity contribution in [3.8, 4) is 5.75 Å². The molecule has 0 unspecified atom stereocenters. The number of alkyl halides is 1. The largest absolute Gasteiger partial charge is 0.497 e. The van der Waals surface area contributed by atoms with Gasteiger partial charge in [0.1, 0.15) is 11.6 Å². The van der Waals surface area contributed by atoms with E-state index < -0.39 is 18.5 Å². The molecule has 0 aliphatic rings. The van der Waals surface area contributed by atoms with Crippen LogP contribution < -0.4 is 10.5 Å². The van der Waals surface area contributed by atoms with E-state index in [1.54, 1.807) is 0 Å². The Morgan fingerprint density at radius 2 is 2.21 bits per heavy atom. The highest BCUT2D eigenvalue weighted by Gasteiger charge is 2.12. The molecule has 0 aliphatic heterocycles. The van der Waals surface area contributed by atoms with Crippen LogP contribution in [0, 0.1) is 5.82 Å². The summed E-state index contributed by atoms with van der Waals surface area (Å²) in [4.78, 5) is 0. The molecule has 4 heteroatoms. The first kappa shape index (κ1) is 10.9. The topological polar surface area (TPSA) is 35.2 Å². The quantitative estimate of drug-likeness (QED) is 0.810. The number of methoxy groups -OCH3 is 1. The van der Waals surface area contributed by atoms with Gasteiger partial charge in [0.2, 0.25) is 0 Å². The first-order chi connectivity index (χ1) is 6.69. The molecular weight excluding hydrogens is 188 g/mol. The van der Waals surface area contributed by atoms with Gasteiger partial charge < -0.3 is 10.5 Å². The molecular formula is C10H13F2NO. The van der Waals surface area contributed by atoms with Crippen LogP contribution in [0.15, 0.2) is 18.2 Å². The highest BCUT2D eigenvalue weighted by atomic mass is 19.1. The van der Waals surface area contributed by atoms with Gasteiger partial charge in [-0.3, -0.25) is 4.39 Å². The predicted molar refractivity (Wildman–Crippen MR) is 50.5 cm³/mol. The summed E-state index contributed by atoms with van der Waals surface area (Å²) in [5.41, 5.74) is 5.89. The van der Waals surface area contributed by atoms with E-state index in [0.717, 1.165) is 0 Å². The van der Waals surface area contributed by atoms with Crippen molar-refractivity contribution in [2.75, 3.05) is 13.8 Å². The average molecular weight is 201 g/mol. The van der Waals surface area contributed by atoms with Gasteiger partial charge in [0, 0.05) is 11.6 Å². The summed E-state index contributed by atoms with van der Waals surface area (Å²) in [6.45, 7) is -0.558. The lowest BCUT2D eigenvalue weighted by atomic mass is 10.0. The van der Waals surface area contributed by atoms with Crippen molar-refractivity contribution < 1.29 is 13.5 Å². The molecule has 0 saturated carbocycles. The van der Waals surface area contributed by atoms with E-state index in [2.05, 4.69) is 0 Å². The maximum absolute atomic E-state index is 13.2. The molecule has 0 radical (unpaired) electrons. The molecule has 2 nitrogen and oxygen atoms in total. The molecule has 2 N–H and O–H groups in total. The molecule has 0 bridgehead atoms. The number of halogens is 2. The Morgan fingerprint density at radius 1 is 1.50 bits per heavy atom. The standard InChI is InChI=1S/C10H13F2NO/c1-14-7-2-3-9(12)8(6-7)10(13)4-5-11/h2-3,6,10H,4-5,13H2,1H3/t10-/m1/s1. The normalized spacial score (nSPS) is 12.6. The Balaban J connectivity index is 2.93. The van der Waals surface area contributed by atoms with Crippen LogP contribution >= 0.6 is 0 Å². The van der Waals surface area contributed by atoms with Gasteiger partial charge in [-0.25, -0.2) is 4.39 Å². The van der Waals surface area contributed by atoms with E-state index in [1.807, 2.05) is 0 Å². The highest BCUT2D eigenvalue weighted by Crippen LogP contribution is 2.23. The Labute approximate surface area is 81.7 Å². The van der Waals surface area contributed by atoms with Crippen molar-refractivity contribution in [3.05, 3.63) is 29.6 Å². The summed E-state index contributed by atoms with van der Waals surface area (Å²) in [6.07, 6.45) is 0.115. The van der Waals surface area contributed by atoms with Gasteiger partial charge >= 0.3 is 0 Å². The lowest BCUT2D eigenvalue weighted by Crippen LogP contribution is -2.12. The van der Waals surface area contributed by atoms with Crippen LogP contribution in [0.5, 0.6) is 5.75 Å². The fraction of sp³-hybridized carbons (Fsp3) is 0.400. The number of rotatable bonds is 4. The zero-order valence-electron chi connectivity index (χ0n) is 7.97. The van der Waals surface area contributed by atoms with Crippen molar-refractivity contribution in [3.63, 3.8) is 0 Å². The van der Waals surface area contributed by atoms with Crippen molar-refractivity contribution in [1.29, 1.82) is 0 Å². The Kier molecular flexibility index (Phi) is 3.83. The van der Waals surface area contributed by atoms with Crippen molar-refractivity contribution >= 4 is 0 Å². The van der Waals surface area contributed by atoms with E-state index in [0.29, 0.717) is 11.3 Å². The SMILES string of the molecule is COc1ccc(F)c([C@H](N)CCF)c1. The number of nitrogens with two attached hydrogens (primary N) is 1. The molecule has 1 aromatic rings. The van der Waals surface area contributed by atoms with Gasteiger partial charge in [-0.1, -0.05) is 0 Å². The van der Waals surface area contributed by atoms with Crippen molar-refractivity contribution in [1.82, 2.24) is 0 Å². The Bertz CT molecular complexity index is 304. The molecule has 0 amide bonds. The minimum absolute atomic E-state index is 0.115. The molecule has 1 rings (SSSR count). The van der Waals surface area contributed by atoms with Crippen molar-refractivity contribution in [2.24, 2.45) is 5.73 Å². The van der Waals surface area contributed by atoms with E-state index in [4.69, 9.17) is 10.5 Å². The van der Waals surface area contributed by atoms with Crippen LogP contribution in [0.4, 0.5) is 8.78 Å². The summed E-state index contributed by atoms with van der Waals surface area (Å²) in [5.74, 6) is 0.0995. The second-order valence-corrected chi connectivity index (χ2v) is 2.97. The second kappa shape index (κ2) is 4.91. The van der Waals surface area contributed by atoms with Gasteiger partial charge in [0.15, 0.2) is 0 Å². The fourth-order valence-electron chi connectivity index (χ4n) is 1.21. The lowest BCUT2D eigenvalue weighted by Gasteiger charge is -2.12. The third kappa shape index (κ3) is 2.42. The first-order valence-corrected chi connectivity index (χ1v) is 4.34. The number of benzene rings is 1. The lowest BCUT2D eigenvalue weighted by molar-refractivity contribution is 0.408. The number of hydrogen-bond donors (Lipinski definition) is 1. The second-order valence-electron chi connectivity index (χ2n) is 2.97. The molecule has 14 heavy (non-hydrogen) atoms. The van der Waals surface area contributed by atoms with Gasteiger partial charge in [-0.2, -0.15) is 0 Å². The van der Waals surface area contributed by atoms with Gasteiger partial charge in [-0.15, -0.1) is 0 Å². The predicted octanol–water partition coefficient (Wildman–Crippen LogP) is 2.19. The third-order valence-electron chi connectivity index (χ3n) is 2.02. The monoisotopic (exact) mass is 201 g/mol. The van der Waals surface area contributed by atoms with E-state index >= 15 is 0 Å². The van der Waals surface area contributed by atoms with Gasteiger partial charge in [-0.05, 0) is 24.6 Å². The summed E-state index contributed by atoms with van der Waals surface area (Å²) < 4.78 is 30.2. The highest BCUT2D eigenvalue weighted by molar-refractivity contribution is 5.31. The molecule has 1 atom stereocenters. The summed E-state index contributed by atoms with van der Waals surface area (Å²) >= 11 is 0. The van der Waals surface area contributed by atoms with Crippen LogP contribution in [0.3, 0.4) is 0 Å². The van der Waals surface area contributed by atoms with Crippen LogP contribution in [0.2, 0.25) is 0 Å². The maximum Gasteiger partial charge on any atom is 0.128 e. The summed E-state index contributed by atoms with van der Waals surface area (Å²) in [7, 11) is 1.48. The number of hydrogen-bond acceptors (Lipinski definition) is 2. The molecule has 78 valence electrons. The minimum atomic E-state index is -0.616. The Morgan fingerprint density at radius 3 is 2.79 bits per heavy atom. The van der Waals surface area contributed by atoms with Gasteiger partial charge in [0.25, 0.3) is 0 Å². The van der Waals surface area contributed by atoms with Crippen LogP contribution in [0.25, 0.3) is 0 Å². The zero-order chi connectivity index (χ0) is 10.6. The summed E-state index contributed by atoms with van der Waals surface area (Å²) in [5, 5.41) is 0. The average Bonchev–Trinajstić information content (AvgIpc) is 2.19. The van der Waals surface area contributed by atoms with E-state index in [-0.39, 0.29) is 6.42 Å². The molecule has 0 saturated heterocycles.